The lowest BCUT2D eigenvalue weighted by Crippen LogP contribution is -2.45. The summed E-state index contributed by atoms with van der Waals surface area (Å²) in [5, 5.41) is 0. The molecule has 0 aliphatic carbocycles. The number of nitrogens with two attached hydrogens (primary N) is 1. The minimum atomic E-state index is 0. The topological polar surface area (TPSA) is 55.6 Å². The summed E-state index contributed by atoms with van der Waals surface area (Å²) >= 11 is 0. The molecule has 2 N–H and O–H groups in total. The summed E-state index contributed by atoms with van der Waals surface area (Å²) in [5.74, 6) is 1.28. The second-order valence-corrected chi connectivity index (χ2v) is 5.93. The van der Waals surface area contributed by atoms with Crippen molar-refractivity contribution in [1.82, 2.24) is 4.90 Å². The Bertz CT molecular complexity index is 505. The van der Waals surface area contributed by atoms with Crippen LogP contribution in [0.1, 0.15) is 42.6 Å². The van der Waals surface area contributed by atoms with Crippen LogP contribution >= 0.6 is 12.4 Å². The first-order valence-electron chi connectivity index (χ1n) is 7.81. The molecule has 1 saturated heterocycles. The predicted octanol–water partition coefficient (Wildman–Crippen LogP) is 3.01. The van der Waals surface area contributed by atoms with Crippen LogP contribution in [0.5, 0.6) is 5.75 Å². The van der Waals surface area contributed by atoms with Crippen molar-refractivity contribution in [2.24, 2.45) is 11.7 Å². The van der Waals surface area contributed by atoms with E-state index in [1.54, 1.807) is 0 Å². The maximum absolute atomic E-state index is 12.7. The zero-order chi connectivity index (χ0) is 15.4. The second-order valence-electron chi connectivity index (χ2n) is 5.93. The van der Waals surface area contributed by atoms with Crippen LogP contribution in [0.25, 0.3) is 0 Å². The number of halogens is 1. The van der Waals surface area contributed by atoms with Crippen LogP contribution in [-0.2, 0) is 0 Å². The van der Waals surface area contributed by atoms with Gasteiger partial charge in [-0.2, -0.15) is 0 Å². The molecule has 0 radical (unpaired) electrons. The number of carbonyl (C=O) groups excluding carboxylic acids is 1. The van der Waals surface area contributed by atoms with Crippen LogP contribution in [0.3, 0.4) is 0 Å². The van der Waals surface area contributed by atoms with Crippen molar-refractivity contribution < 1.29 is 9.53 Å². The van der Waals surface area contributed by atoms with Crippen molar-refractivity contribution in [3.8, 4) is 5.75 Å². The van der Waals surface area contributed by atoms with Gasteiger partial charge in [-0.05, 0) is 57.2 Å². The lowest BCUT2D eigenvalue weighted by Gasteiger charge is -2.34. The Hall–Kier alpha value is -1.26. The van der Waals surface area contributed by atoms with E-state index in [1.807, 2.05) is 43.9 Å². The van der Waals surface area contributed by atoms with Crippen LogP contribution in [0.4, 0.5) is 0 Å². The van der Waals surface area contributed by atoms with Gasteiger partial charge >= 0.3 is 0 Å². The first-order valence-corrected chi connectivity index (χ1v) is 7.81. The molecule has 2 atom stereocenters. The fourth-order valence-corrected chi connectivity index (χ4v) is 2.85. The highest BCUT2D eigenvalue weighted by Crippen LogP contribution is 2.24. The van der Waals surface area contributed by atoms with Crippen LogP contribution in [0.2, 0.25) is 0 Å². The Morgan fingerprint density at radius 3 is 2.86 bits per heavy atom. The molecule has 5 heteroatoms. The number of nitrogens with zero attached hydrogens (tertiary/aromatic N) is 1. The summed E-state index contributed by atoms with van der Waals surface area (Å²) in [6.45, 7) is 8.15. The van der Waals surface area contributed by atoms with E-state index in [1.165, 1.54) is 0 Å². The molecule has 0 aromatic heterocycles. The van der Waals surface area contributed by atoms with Gasteiger partial charge in [0, 0.05) is 24.7 Å². The molecule has 0 bridgehead atoms. The van der Waals surface area contributed by atoms with Gasteiger partial charge < -0.3 is 15.4 Å². The molecule has 1 heterocycles. The van der Waals surface area contributed by atoms with Crippen molar-refractivity contribution in [3.63, 3.8) is 0 Å². The third kappa shape index (κ3) is 4.37. The summed E-state index contributed by atoms with van der Waals surface area (Å²) in [6, 6.07) is 5.83. The largest absolute Gasteiger partial charge is 0.494 e. The Morgan fingerprint density at radius 1 is 1.50 bits per heavy atom. The molecule has 1 aliphatic heterocycles. The summed E-state index contributed by atoms with van der Waals surface area (Å²) in [5.41, 5.74) is 7.75. The Balaban J connectivity index is 0.00000242. The standard InChI is InChI=1S/C17H26N2O2.ClH/c1-4-21-16-10-14(8-7-12(16)2)17(20)19-9-5-6-15(11-19)13(3)18;/h7-8,10,13,15H,4-6,9,11,18H2,1-3H3;1H. The van der Waals surface area contributed by atoms with E-state index < -0.39 is 0 Å². The predicted molar refractivity (Wildman–Crippen MR) is 91.9 cm³/mol. The highest BCUT2D eigenvalue weighted by molar-refractivity contribution is 5.94. The molecule has 124 valence electrons. The summed E-state index contributed by atoms with van der Waals surface area (Å²) in [6.07, 6.45) is 2.14. The van der Waals surface area contributed by atoms with Gasteiger partial charge in [0.2, 0.25) is 0 Å². The molecule has 1 fully saturated rings. The number of benzene rings is 1. The molecular weight excluding hydrogens is 300 g/mol. The van der Waals surface area contributed by atoms with E-state index in [0.717, 1.165) is 37.2 Å². The summed E-state index contributed by atoms with van der Waals surface area (Å²) in [4.78, 5) is 14.6. The van der Waals surface area contributed by atoms with Gasteiger partial charge in [0.15, 0.2) is 0 Å². The van der Waals surface area contributed by atoms with Crippen LogP contribution < -0.4 is 10.5 Å². The molecule has 1 aromatic rings. The third-order valence-electron chi connectivity index (χ3n) is 4.22. The molecule has 2 unspecified atom stereocenters. The Morgan fingerprint density at radius 2 is 2.23 bits per heavy atom. The lowest BCUT2D eigenvalue weighted by atomic mass is 9.92. The number of ether oxygens (including phenoxy) is 1. The normalized spacial score (nSPS) is 19.3. The van der Waals surface area contributed by atoms with E-state index in [-0.39, 0.29) is 24.4 Å². The van der Waals surface area contributed by atoms with Gasteiger partial charge in [-0.25, -0.2) is 0 Å². The minimum Gasteiger partial charge on any atom is -0.494 e. The van der Waals surface area contributed by atoms with E-state index >= 15 is 0 Å². The summed E-state index contributed by atoms with van der Waals surface area (Å²) in [7, 11) is 0. The number of amides is 1. The first-order chi connectivity index (χ1) is 10.0. The maximum atomic E-state index is 12.7. The average Bonchev–Trinajstić information content (AvgIpc) is 2.49. The van der Waals surface area contributed by atoms with Gasteiger partial charge in [-0.1, -0.05) is 6.07 Å². The molecule has 0 spiro atoms. The minimum absolute atomic E-state index is 0. The van der Waals surface area contributed by atoms with E-state index in [9.17, 15) is 4.79 Å². The lowest BCUT2D eigenvalue weighted by molar-refractivity contribution is 0.0660. The van der Waals surface area contributed by atoms with Crippen LogP contribution in [0.15, 0.2) is 18.2 Å². The maximum Gasteiger partial charge on any atom is 0.253 e. The quantitative estimate of drug-likeness (QED) is 0.925. The molecule has 0 saturated carbocycles. The number of likely N-dealkylation sites (tertiary alicyclic amines) is 1. The molecule has 1 aliphatic rings. The molecule has 4 nitrogen and oxygen atoms in total. The number of piperidine rings is 1. The van der Waals surface area contributed by atoms with E-state index in [2.05, 4.69) is 0 Å². The zero-order valence-electron chi connectivity index (χ0n) is 13.7. The smallest absolute Gasteiger partial charge is 0.253 e. The molecular formula is C17H27ClN2O2. The van der Waals surface area contributed by atoms with E-state index in [0.29, 0.717) is 18.1 Å². The molecule has 2 rings (SSSR count). The van der Waals surface area contributed by atoms with E-state index in [4.69, 9.17) is 10.5 Å². The SMILES string of the molecule is CCOc1cc(C(=O)N2CCCC(C(C)N)C2)ccc1C.Cl. The number of aryl methyl sites for hydroxylation is 1. The molecule has 22 heavy (non-hydrogen) atoms. The monoisotopic (exact) mass is 326 g/mol. The second kappa shape index (κ2) is 8.39. The summed E-state index contributed by atoms with van der Waals surface area (Å²) < 4.78 is 5.58. The highest BCUT2D eigenvalue weighted by Gasteiger charge is 2.26. The first kappa shape index (κ1) is 18.8. The van der Waals surface area contributed by atoms with Crippen molar-refractivity contribution in [2.45, 2.75) is 39.7 Å². The van der Waals surface area contributed by atoms with Crippen molar-refractivity contribution >= 4 is 18.3 Å². The van der Waals surface area contributed by atoms with Crippen molar-refractivity contribution in [2.75, 3.05) is 19.7 Å². The fourth-order valence-electron chi connectivity index (χ4n) is 2.85. The third-order valence-corrected chi connectivity index (χ3v) is 4.22. The van der Waals surface area contributed by atoms with Gasteiger partial charge in [-0.3, -0.25) is 4.79 Å². The Kier molecular flexibility index (Phi) is 7.17. The fraction of sp³-hybridized carbons (Fsp3) is 0.588. The van der Waals surface area contributed by atoms with Crippen LogP contribution in [-0.4, -0.2) is 36.5 Å². The van der Waals surface area contributed by atoms with Crippen LogP contribution in [0, 0.1) is 12.8 Å². The zero-order valence-corrected chi connectivity index (χ0v) is 14.5. The van der Waals surface area contributed by atoms with Crippen molar-refractivity contribution in [3.05, 3.63) is 29.3 Å². The number of carbonyl (C=O) groups is 1. The number of hydrogen-bond donors (Lipinski definition) is 1. The number of rotatable bonds is 4. The van der Waals surface area contributed by atoms with Gasteiger partial charge in [-0.15, -0.1) is 12.4 Å². The van der Waals surface area contributed by atoms with Gasteiger partial charge in [0.1, 0.15) is 5.75 Å². The molecule has 1 amide bonds. The molecule has 1 aromatic carbocycles. The van der Waals surface area contributed by atoms with Crippen molar-refractivity contribution in [1.29, 1.82) is 0 Å². The van der Waals surface area contributed by atoms with Gasteiger partial charge in [0.25, 0.3) is 5.91 Å². The average molecular weight is 327 g/mol. The Labute approximate surface area is 139 Å². The number of hydrogen-bond acceptors (Lipinski definition) is 3. The van der Waals surface area contributed by atoms with Gasteiger partial charge in [0.05, 0.1) is 6.61 Å². The highest BCUT2D eigenvalue weighted by atomic mass is 35.5.